The third-order valence-corrected chi connectivity index (χ3v) is 7.46. The quantitative estimate of drug-likeness (QED) is 0.146. The van der Waals surface area contributed by atoms with Crippen molar-refractivity contribution in [2.75, 3.05) is 0 Å². The minimum absolute atomic E-state index is 1.84. The van der Waals surface area contributed by atoms with Crippen molar-refractivity contribution >= 4 is 15.2 Å². The largest absolute Gasteiger partial charge is 0.436 e. The van der Waals surface area contributed by atoms with Crippen LogP contribution in [0.1, 0.15) is 25.7 Å². The minimum Gasteiger partial charge on any atom is -0.320 e. The Morgan fingerprint density at radius 2 is 0.650 bits per heavy atom. The fraction of sp³-hybridized carbons (Fsp3) is 1.00. The van der Waals surface area contributed by atoms with Gasteiger partial charge in [0.15, 0.2) is 0 Å². The number of alkyl halides is 16. The van der Waals surface area contributed by atoms with E-state index < -0.39 is 100 Å². The van der Waals surface area contributed by atoms with Gasteiger partial charge in [0.05, 0.1) is 0 Å². The molecule has 26 heteroatoms. The van der Waals surface area contributed by atoms with Crippen LogP contribution >= 0.6 is 15.2 Å². The van der Waals surface area contributed by atoms with Gasteiger partial charge in [-0.2, -0.15) is 70.2 Å². The van der Waals surface area contributed by atoms with E-state index in [1.54, 1.807) is 0 Å². The molecule has 8 nitrogen and oxygen atoms in total. The van der Waals surface area contributed by atoms with Crippen molar-refractivity contribution in [3.05, 3.63) is 0 Å². The molecule has 0 unspecified atom stereocenters. The summed E-state index contributed by atoms with van der Waals surface area (Å²) >= 11 is 0. The lowest BCUT2D eigenvalue weighted by Crippen LogP contribution is -2.58. The van der Waals surface area contributed by atoms with Crippen molar-refractivity contribution in [1.29, 1.82) is 0 Å². The molecule has 4 N–H and O–H groups in total. The van der Waals surface area contributed by atoms with Gasteiger partial charge in [-0.15, -0.1) is 0 Å². The molecule has 0 heterocycles. The van der Waals surface area contributed by atoms with Gasteiger partial charge < -0.3 is 19.6 Å². The van der Waals surface area contributed by atoms with Gasteiger partial charge in [0, 0.05) is 11.8 Å². The van der Waals surface area contributed by atoms with Gasteiger partial charge in [-0.1, -0.05) is 0 Å². The molecule has 1 aliphatic rings. The van der Waals surface area contributed by atoms with E-state index >= 15 is 0 Å². The lowest BCUT2D eigenvalue weighted by atomic mass is 9.76. The first-order chi connectivity index (χ1) is 17.1. The maximum absolute atomic E-state index is 14.2. The number of hydrogen-bond donors (Lipinski definition) is 4. The number of hydrogen-bond acceptors (Lipinski definition) is 4. The summed E-state index contributed by atoms with van der Waals surface area (Å²) in [6, 6.07) is 0. The molecule has 1 saturated carbocycles. The number of halogens is 16. The second-order valence-electron chi connectivity index (χ2n) is 8.24. The zero-order valence-electron chi connectivity index (χ0n) is 18.3. The topological polar surface area (TPSA) is 134 Å². The Hall–Kier alpha value is -0.900. The summed E-state index contributed by atoms with van der Waals surface area (Å²) < 4.78 is 242. The lowest BCUT2D eigenvalue weighted by Gasteiger charge is -2.41. The van der Waals surface area contributed by atoms with Gasteiger partial charge in [-0.25, -0.2) is 9.47 Å². The van der Waals surface area contributed by atoms with Crippen LogP contribution in [0.5, 0.6) is 0 Å². The van der Waals surface area contributed by atoms with Crippen LogP contribution in [0.15, 0.2) is 0 Å². The molecule has 0 saturated heterocycles. The maximum atomic E-state index is 14.2. The minimum atomic E-state index is -7.34. The van der Waals surface area contributed by atoms with Gasteiger partial charge in [-0.3, -0.25) is 9.13 Å². The molecule has 0 aromatic heterocycles. The molecule has 0 radical (unpaired) electrons. The summed E-state index contributed by atoms with van der Waals surface area (Å²) in [5.41, 5.74) is -13.6. The molecule has 0 spiro atoms. The van der Waals surface area contributed by atoms with Gasteiger partial charge in [0.2, 0.25) is 0 Å². The Labute approximate surface area is 209 Å². The first-order valence-electron chi connectivity index (χ1n) is 9.66. The Kier molecular flexibility index (Phi) is 9.63. The fourth-order valence-corrected chi connectivity index (χ4v) is 3.98. The van der Waals surface area contributed by atoms with Crippen molar-refractivity contribution < 1.29 is 108 Å². The van der Waals surface area contributed by atoms with E-state index in [0.717, 1.165) is 0 Å². The van der Waals surface area contributed by atoms with E-state index in [1.165, 1.54) is 0 Å². The molecule has 240 valence electrons. The van der Waals surface area contributed by atoms with E-state index in [-0.39, 0.29) is 0 Å². The smallest absolute Gasteiger partial charge is 0.320 e. The van der Waals surface area contributed by atoms with Gasteiger partial charge in [0.25, 0.3) is 0 Å². The second kappa shape index (κ2) is 10.4. The van der Waals surface area contributed by atoms with Crippen molar-refractivity contribution in [3.8, 4) is 0 Å². The summed E-state index contributed by atoms with van der Waals surface area (Å²) in [5.74, 6) is -18.5. The highest BCUT2D eigenvalue weighted by atomic mass is 31.2. The average Bonchev–Trinajstić information content (AvgIpc) is 2.70. The van der Waals surface area contributed by atoms with Crippen molar-refractivity contribution in [3.63, 3.8) is 0 Å². The van der Waals surface area contributed by atoms with Crippen LogP contribution in [0.4, 0.5) is 70.2 Å². The highest BCUT2D eigenvalue weighted by molar-refractivity contribution is 7.53. The summed E-state index contributed by atoms with van der Waals surface area (Å²) in [5, 5.41) is 0. The predicted molar refractivity (Wildman–Crippen MR) is 91.3 cm³/mol. The van der Waals surface area contributed by atoms with Crippen LogP contribution in [-0.4, -0.2) is 67.2 Å². The Balaban J connectivity index is 3.13. The Bertz CT molecular complexity index is 937. The molecule has 0 bridgehead atoms. The highest BCUT2D eigenvalue weighted by Crippen LogP contribution is 2.64. The van der Waals surface area contributed by atoms with Crippen LogP contribution in [0.2, 0.25) is 0 Å². The Morgan fingerprint density at radius 3 is 0.825 bits per heavy atom. The molecule has 0 aromatic rings. The van der Waals surface area contributed by atoms with Crippen LogP contribution in [0.3, 0.4) is 0 Å². The molecular weight excluding hydrogens is 662 g/mol. The molecular formula is C14H14F16O8P2. The van der Waals surface area contributed by atoms with Crippen LogP contribution in [-0.2, 0) is 18.6 Å². The van der Waals surface area contributed by atoms with E-state index in [0.29, 0.717) is 0 Å². The van der Waals surface area contributed by atoms with Crippen molar-refractivity contribution in [1.82, 2.24) is 0 Å². The second-order valence-corrected chi connectivity index (χ2v) is 11.5. The van der Waals surface area contributed by atoms with Gasteiger partial charge >= 0.3 is 62.8 Å². The van der Waals surface area contributed by atoms with Crippen molar-refractivity contribution in [2.45, 2.75) is 73.3 Å². The van der Waals surface area contributed by atoms with Crippen LogP contribution < -0.4 is 0 Å². The molecule has 0 aromatic carbocycles. The third kappa shape index (κ3) is 6.37. The van der Waals surface area contributed by atoms with E-state index in [9.17, 15) is 79.4 Å². The maximum Gasteiger partial charge on any atom is 0.436 e. The van der Waals surface area contributed by atoms with Crippen LogP contribution in [0, 0.1) is 11.8 Å². The normalized spacial score (nSPS) is 22.0. The summed E-state index contributed by atoms with van der Waals surface area (Å²) in [6.45, 7) is 0. The van der Waals surface area contributed by atoms with Gasteiger partial charge in [-0.05, 0) is 25.7 Å². The van der Waals surface area contributed by atoms with Crippen LogP contribution in [0.25, 0.3) is 0 Å². The fourth-order valence-electron chi connectivity index (χ4n) is 3.21. The van der Waals surface area contributed by atoms with E-state index in [1.807, 2.05) is 9.47 Å². The van der Waals surface area contributed by atoms with Crippen molar-refractivity contribution in [2.24, 2.45) is 11.8 Å². The standard InChI is InChI=1S/C14H14F16O8P2/c15-7(16,9(19,20)37-11(23,24)13(27,28)39(31,32)33)5-1-2-6(4-3-5)8(17,18)10(21,22)38-12(25,26)14(29,30)40(34,35)36/h5-6H,1-4H2,(H2,31,32,33)(H2,34,35,36). The monoisotopic (exact) mass is 676 g/mol. The van der Waals surface area contributed by atoms with Gasteiger partial charge in [0.1, 0.15) is 0 Å². The summed E-state index contributed by atoms with van der Waals surface area (Å²) in [6.07, 6.45) is -34.8. The van der Waals surface area contributed by atoms with E-state index in [4.69, 9.17) is 19.6 Å². The average molecular weight is 676 g/mol. The highest BCUT2D eigenvalue weighted by Gasteiger charge is 2.78. The number of ether oxygens (including phenoxy) is 2. The molecule has 40 heavy (non-hydrogen) atoms. The molecule has 1 rings (SSSR count). The third-order valence-electron chi connectivity index (χ3n) is 5.47. The molecule has 1 fully saturated rings. The molecule has 0 amide bonds. The molecule has 0 atom stereocenters. The Morgan fingerprint density at radius 1 is 0.450 bits per heavy atom. The lowest BCUT2D eigenvalue weighted by molar-refractivity contribution is -0.468. The molecule has 1 aliphatic carbocycles. The number of rotatable bonds is 12. The first kappa shape index (κ1) is 37.1. The SMILES string of the molecule is O=P(O)(O)C(F)(F)C(F)(F)OC(F)(F)C(F)(F)C1CCC(C(F)(F)C(F)(F)OC(F)(F)C(F)(F)P(=O)(O)O)CC1. The summed E-state index contributed by atoms with van der Waals surface area (Å²) in [4.78, 5) is 32.6. The molecule has 0 aliphatic heterocycles. The zero-order chi connectivity index (χ0) is 32.4. The zero-order valence-corrected chi connectivity index (χ0v) is 20.1. The van der Waals surface area contributed by atoms with E-state index in [2.05, 4.69) is 0 Å². The first-order valence-corrected chi connectivity index (χ1v) is 12.9. The predicted octanol–water partition coefficient (Wildman–Crippen LogP) is 6.01. The summed E-state index contributed by atoms with van der Waals surface area (Å²) in [7, 11) is -14.7.